The number of amides is 1. The highest BCUT2D eigenvalue weighted by Gasteiger charge is 2.35. The molecule has 3 rings (SSSR count). The van der Waals surface area contributed by atoms with Crippen molar-refractivity contribution in [1.29, 1.82) is 0 Å². The number of benzene rings is 2. The molecule has 0 bridgehead atoms. The number of sulfonamides is 1. The summed E-state index contributed by atoms with van der Waals surface area (Å²) in [5.74, 6) is -0.499. The van der Waals surface area contributed by atoms with Gasteiger partial charge in [0.1, 0.15) is 5.69 Å². The van der Waals surface area contributed by atoms with Crippen LogP contribution in [-0.4, -0.2) is 31.2 Å². The number of rotatable bonds is 5. The van der Waals surface area contributed by atoms with E-state index in [1.54, 1.807) is 0 Å². The van der Waals surface area contributed by atoms with Gasteiger partial charge in [-0.2, -0.15) is 18.3 Å². The van der Waals surface area contributed by atoms with Crippen LogP contribution in [0.4, 0.5) is 18.9 Å². The van der Waals surface area contributed by atoms with Gasteiger partial charge >= 0.3 is 6.18 Å². The average molecular weight is 424 g/mol. The topological polar surface area (TPSA) is 93.1 Å². The molecule has 0 fully saturated rings. The van der Waals surface area contributed by atoms with E-state index >= 15 is 0 Å². The van der Waals surface area contributed by atoms with Gasteiger partial charge in [-0.15, -0.1) is 0 Å². The average Bonchev–Trinajstić information content (AvgIpc) is 3.19. The zero-order valence-electron chi connectivity index (χ0n) is 14.9. The Labute approximate surface area is 164 Å². The van der Waals surface area contributed by atoms with Gasteiger partial charge in [0.05, 0.1) is 16.8 Å². The lowest BCUT2D eigenvalue weighted by Gasteiger charge is -2.11. The lowest BCUT2D eigenvalue weighted by Crippen LogP contribution is -2.19. The standard InChI is InChI=1S/C18H15F3N4O3S/c1-22-29(27,28)15-8-2-12(3-9-15)17(26)24-13-4-6-14(7-5-13)25-16(10-11-23-25)18(19,20)21/h2-11,22H,1H3,(H,24,26). The lowest BCUT2D eigenvalue weighted by molar-refractivity contribution is -0.142. The minimum absolute atomic E-state index is 0.0144. The summed E-state index contributed by atoms with van der Waals surface area (Å²) < 4.78 is 65.2. The third-order valence-electron chi connectivity index (χ3n) is 4.00. The molecule has 0 aliphatic rings. The molecule has 152 valence electrons. The number of hydrogen-bond donors (Lipinski definition) is 2. The van der Waals surface area contributed by atoms with Crippen LogP contribution in [0, 0.1) is 0 Å². The highest BCUT2D eigenvalue weighted by atomic mass is 32.2. The molecule has 0 aliphatic heterocycles. The van der Waals surface area contributed by atoms with Gasteiger partial charge in [-0.25, -0.2) is 17.8 Å². The van der Waals surface area contributed by atoms with E-state index in [9.17, 15) is 26.4 Å². The third-order valence-corrected chi connectivity index (χ3v) is 5.43. The Balaban J connectivity index is 1.75. The van der Waals surface area contributed by atoms with E-state index in [1.807, 2.05) is 0 Å². The molecule has 0 saturated carbocycles. The van der Waals surface area contributed by atoms with Crippen LogP contribution in [0.5, 0.6) is 0 Å². The maximum atomic E-state index is 13.0. The van der Waals surface area contributed by atoms with Gasteiger partial charge in [0, 0.05) is 11.3 Å². The normalized spacial score (nSPS) is 12.0. The van der Waals surface area contributed by atoms with Crippen LogP contribution in [0.2, 0.25) is 0 Å². The van der Waals surface area contributed by atoms with Crippen molar-refractivity contribution in [3.63, 3.8) is 0 Å². The van der Waals surface area contributed by atoms with Crippen molar-refractivity contribution in [2.45, 2.75) is 11.1 Å². The number of alkyl halides is 3. The number of nitrogens with one attached hydrogen (secondary N) is 2. The van der Waals surface area contributed by atoms with Crippen LogP contribution in [0.25, 0.3) is 5.69 Å². The van der Waals surface area contributed by atoms with Crippen molar-refractivity contribution in [2.24, 2.45) is 0 Å². The van der Waals surface area contributed by atoms with Gasteiger partial charge in [-0.1, -0.05) is 0 Å². The molecule has 0 saturated heterocycles. The molecule has 1 heterocycles. The molecule has 1 amide bonds. The highest BCUT2D eigenvalue weighted by Crippen LogP contribution is 2.30. The van der Waals surface area contributed by atoms with E-state index in [2.05, 4.69) is 15.1 Å². The molecule has 0 atom stereocenters. The maximum Gasteiger partial charge on any atom is 0.433 e. The first-order valence-corrected chi connectivity index (χ1v) is 9.67. The van der Waals surface area contributed by atoms with E-state index in [0.717, 1.165) is 16.9 Å². The Morgan fingerprint density at radius 1 is 1.00 bits per heavy atom. The summed E-state index contributed by atoms with van der Waals surface area (Å²) in [5.41, 5.74) is -0.158. The smallest absolute Gasteiger partial charge is 0.322 e. The number of nitrogens with zero attached hydrogens (tertiary/aromatic N) is 2. The van der Waals surface area contributed by atoms with Crippen LogP contribution < -0.4 is 10.0 Å². The monoisotopic (exact) mass is 424 g/mol. The quantitative estimate of drug-likeness (QED) is 0.659. The Bertz CT molecular complexity index is 1120. The minimum Gasteiger partial charge on any atom is -0.322 e. The first kappa shape index (κ1) is 20.6. The fourth-order valence-corrected chi connectivity index (χ4v) is 3.25. The number of aromatic nitrogens is 2. The molecule has 7 nitrogen and oxygen atoms in total. The fourth-order valence-electron chi connectivity index (χ4n) is 2.52. The number of carbonyl (C=O) groups excluding carboxylic acids is 1. The lowest BCUT2D eigenvalue weighted by atomic mass is 10.2. The van der Waals surface area contributed by atoms with Crippen molar-refractivity contribution in [3.8, 4) is 5.69 Å². The van der Waals surface area contributed by atoms with Crippen LogP contribution in [-0.2, 0) is 16.2 Å². The Kier molecular flexibility index (Phi) is 5.44. The number of hydrogen-bond acceptors (Lipinski definition) is 4. The largest absolute Gasteiger partial charge is 0.433 e. The first-order chi connectivity index (χ1) is 13.6. The SMILES string of the molecule is CNS(=O)(=O)c1ccc(C(=O)Nc2ccc(-n3nccc3C(F)(F)F)cc2)cc1. The van der Waals surface area contributed by atoms with Crippen molar-refractivity contribution >= 4 is 21.6 Å². The summed E-state index contributed by atoms with van der Waals surface area (Å²) in [6.07, 6.45) is -3.49. The maximum absolute atomic E-state index is 13.0. The number of anilines is 1. The minimum atomic E-state index is -4.55. The van der Waals surface area contributed by atoms with Crippen LogP contribution in [0.15, 0.2) is 65.7 Å². The molecule has 29 heavy (non-hydrogen) atoms. The summed E-state index contributed by atoms with van der Waals surface area (Å²) in [6, 6.07) is 11.8. The Morgan fingerprint density at radius 2 is 1.62 bits per heavy atom. The second-order valence-electron chi connectivity index (χ2n) is 5.86. The van der Waals surface area contributed by atoms with Gasteiger partial charge in [0.15, 0.2) is 0 Å². The number of halogens is 3. The first-order valence-electron chi connectivity index (χ1n) is 8.18. The van der Waals surface area contributed by atoms with Crippen molar-refractivity contribution in [3.05, 3.63) is 72.1 Å². The molecular weight excluding hydrogens is 409 g/mol. The number of carbonyl (C=O) groups is 1. The van der Waals surface area contributed by atoms with Crippen molar-refractivity contribution in [1.82, 2.24) is 14.5 Å². The van der Waals surface area contributed by atoms with Crippen LogP contribution in [0.1, 0.15) is 16.1 Å². The van der Waals surface area contributed by atoms with E-state index < -0.39 is 27.8 Å². The zero-order valence-corrected chi connectivity index (χ0v) is 15.8. The zero-order chi connectivity index (χ0) is 21.2. The molecule has 0 unspecified atom stereocenters. The second-order valence-corrected chi connectivity index (χ2v) is 7.75. The summed E-state index contributed by atoms with van der Waals surface area (Å²) in [6.45, 7) is 0. The molecule has 3 aromatic rings. The van der Waals surface area contributed by atoms with Crippen LogP contribution >= 0.6 is 0 Å². The Morgan fingerprint density at radius 3 is 2.17 bits per heavy atom. The van der Waals surface area contributed by atoms with Gasteiger partial charge in [0.25, 0.3) is 5.91 Å². The third kappa shape index (κ3) is 4.46. The van der Waals surface area contributed by atoms with Crippen molar-refractivity contribution < 1.29 is 26.4 Å². The molecule has 0 spiro atoms. The summed E-state index contributed by atoms with van der Waals surface area (Å²) in [7, 11) is -2.33. The molecule has 11 heteroatoms. The van der Waals surface area contributed by atoms with Gasteiger partial charge < -0.3 is 5.32 Å². The molecule has 0 aliphatic carbocycles. The summed E-state index contributed by atoms with van der Waals surface area (Å²) >= 11 is 0. The molecule has 0 radical (unpaired) electrons. The van der Waals surface area contributed by atoms with Gasteiger partial charge in [-0.05, 0) is 61.6 Å². The summed E-state index contributed by atoms with van der Waals surface area (Å²) in [4.78, 5) is 12.3. The molecular formula is C18H15F3N4O3S. The molecule has 2 N–H and O–H groups in total. The molecule has 2 aromatic carbocycles. The van der Waals surface area contributed by atoms with Gasteiger partial charge in [-0.3, -0.25) is 4.79 Å². The second kappa shape index (κ2) is 7.68. The van der Waals surface area contributed by atoms with Crippen molar-refractivity contribution in [2.75, 3.05) is 12.4 Å². The predicted octanol–water partition coefficient (Wildman–Crippen LogP) is 3.05. The predicted molar refractivity (Wildman–Crippen MR) is 99.2 cm³/mol. The molecule has 1 aromatic heterocycles. The Hall–Kier alpha value is -3.18. The van der Waals surface area contributed by atoms with Crippen LogP contribution in [0.3, 0.4) is 0 Å². The van der Waals surface area contributed by atoms with E-state index in [1.165, 1.54) is 55.6 Å². The highest BCUT2D eigenvalue weighted by molar-refractivity contribution is 7.89. The van der Waals surface area contributed by atoms with E-state index in [0.29, 0.717) is 5.69 Å². The van der Waals surface area contributed by atoms with Gasteiger partial charge in [0.2, 0.25) is 10.0 Å². The van der Waals surface area contributed by atoms with E-state index in [-0.39, 0.29) is 16.1 Å². The van der Waals surface area contributed by atoms with E-state index in [4.69, 9.17) is 0 Å². The summed E-state index contributed by atoms with van der Waals surface area (Å²) in [5, 5.41) is 6.27. The fraction of sp³-hybridized carbons (Fsp3) is 0.111.